The van der Waals surface area contributed by atoms with Crippen LogP contribution in [0, 0.1) is 0 Å². The average molecular weight is 417 g/mol. The first-order valence-corrected chi connectivity index (χ1v) is 10.0. The number of hydrogen-bond donors (Lipinski definition) is 1. The van der Waals surface area contributed by atoms with Crippen LogP contribution < -0.4 is 15.6 Å². The van der Waals surface area contributed by atoms with Crippen molar-refractivity contribution in [1.29, 1.82) is 0 Å². The highest BCUT2D eigenvalue weighted by Gasteiger charge is 2.18. The smallest absolute Gasteiger partial charge is 0.322 e. The molecule has 0 spiro atoms. The monoisotopic (exact) mass is 417 g/mol. The molecule has 1 amide bonds. The van der Waals surface area contributed by atoms with Crippen molar-refractivity contribution in [2.24, 2.45) is 0 Å². The van der Waals surface area contributed by atoms with Gasteiger partial charge in [-0.3, -0.25) is 19.5 Å². The zero-order valence-electron chi connectivity index (χ0n) is 16.8. The standard InChI is InChI=1S/C22H19N5O4/c1-2-30-15-8-5-13(6-9-15)20-25-26-22(31-20)24-19(28)14-7-10-16-17(12-14)23-18-4-3-11-27(18)21(16)29/h5-10,12H,2-4,11H2,1H3,(H,24,26,28). The quantitative estimate of drug-likeness (QED) is 0.531. The summed E-state index contributed by atoms with van der Waals surface area (Å²) in [7, 11) is 0. The molecule has 2 aromatic heterocycles. The van der Waals surface area contributed by atoms with Gasteiger partial charge in [0, 0.05) is 24.1 Å². The molecule has 0 saturated carbocycles. The molecule has 0 unspecified atom stereocenters. The van der Waals surface area contributed by atoms with E-state index in [0.717, 1.165) is 24.4 Å². The van der Waals surface area contributed by atoms with E-state index < -0.39 is 5.91 Å². The van der Waals surface area contributed by atoms with Crippen LogP contribution in [-0.4, -0.2) is 32.3 Å². The number of hydrogen-bond acceptors (Lipinski definition) is 7. The summed E-state index contributed by atoms with van der Waals surface area (Å²) >= 11 is 0. The number of rotatable bonds is 5. The van der Waals surface area contributed by atoms with Crippen molar-refractivity contribution < 1.29 is 13.9 Å². The van der Waals surface area contributed by atoms with Gasteiger partial charge in [-0.15, -0.1) is 5.10 Å². The predicted octanol–water partition coefficient (Wildman–Crippen LogP) is 3.04. The molecule has 3 heterocycles. The number of aromatic nitrogens is 4. The molecule has 0 bridgehead atoms. The van der Waals surface area contributed by atoms with Crippen LogP contribution >= 0.6 is 0 Å². The van der Waals surface area contributed by atoms with Gasteiger partial charge in [-0.2, -0.15) is 0 Å². The molecule has 0 atom stereocenters. The van der Waals surface area contributed by atoms with E-state index in [-0.39, 0.29) is 17.5 Å². The van der Waals surface area contributed by atoms with E-state index in [4.69, 9.17) is 9.15 Å². The summed E-state index contributed by atoms with van der Waals surface area (Å²) < 4.78 is 12.7. The molecule has 156 valence electrons. The van der Waals surface area contributed by atoms with Crippen LogP contribution in [0.1, 0.15) is 29.5 Å². The Kier molecular flexibility index (Phi) is 4.70. The second-order valence-electron chi connectivity index (χ2n) is 7.14. The molecule has 0 radical (unpaired) electrons. The summed E-state index contributed by atoms with van der Waals surface area (Å²) in [4.78, 5) is 29.8. The van der Waals surface area contributed by atoms with E-state index >= 15 is 0 Å². The van der Waals surface area contributed by atoms with Crippen molar-refractivity contribution >= 4 is 22.8 Å². The highest BCUT2D eigenvalue weighted by Crippen LogP contribution is 2.23. The average Bonchev–Trinajstić information content (AvgIpc) is 3.44. The van der Waals surface area contributed by atoms with Gasteiger partial charge in [0.15, 0.2) is 0 Å². The zero-order valence-corrected chi connectivity index (χ0v) is 16.8. The van der Waals surface area contributed by atoms with E-state index in [0.29, 0.717) is 35.2 Å². The fourth-order valence-corrected chi connectivity index (χ4v) is 3.65. The van der Waals surface area contributed by atoms with Gasteiger partial charge in [-0.25, -0.2) is 4.98 Å². The van der Waals surface area contributed by atoms with Gasteiger partial charge in [0.2, 0.25) is 5.89 Å². The van der Waals surface area contributed by atoms with Crippen LogP contribution in [0.5, 0.6) is 5.75 Å². The first kappa shape index (κ1) is 19.0. The number of nitrogens with zero attached hydrogens (tertiary/aromatic N) is 4. The third kappa shape index (κ3) is 3.54. The zero-order chi connectivity index (χ0) is 21.4. The highest BCUT2D eigenvalue weighted by molar-refractivity contribution is 6.05. The van der Waals surface area contributed by atoms with Crippen LogP contribution in [0.25, 0.3) is 22.4 Å². The highest BCUT2D eigenvalue weighted by atomic mass is 16.5. The first-order valence-electron chi connectivity index (χ1n) is 10.0. The number of fused-ring (bicyclic) bond motifs is 2. The first-order chi connectivity index (χ1) is 15.1. The SMILES string of the molecule is CCOc1ccc(-c2nnc(NC(=O)c3ccc4c(=O)n5c(nc4c3)CCC5)o2)cc1. The number of aryl methyl sites for hydroxylation is 1. The van der Waals surface area contributed by atoms with Gasteiger partial charge in [0.25, 0.3) is 11.5 Å². The minimum absolute atomic E-state index is 0.0176. The maximum absolute atomic E-state index is 12.7. The Hall–Kier alpha value is -4.01. The summed E-state index contributed by atoms with van der Waals surface area (Å²) in [5, 5.41) is 11.0. The molecule has 9 heteroatoms. The van der Waals surface area contributed by atoms with Crippen LogP contribution in [0.15, 0.2) is 51.7 Å². The Labute approximate surface area is 176 Å². The van der Waals surface area contributed by atoms with Gasteiger partial charge < -0.3 is 9.15 Å². The largest absolute Gasteiger partial charge is 0.494 e. The summed E-state index contributed by atoms with van der Waals surface area (Å²) in [6.07, 6.45) is 1.66. The summed E-state index contributed by atoms with van der Waals surface area (Å²) in [5.41, 5.74) is 1.50. The van der Waals surface area contributed by atoms with E-state index in [1.807, 2.05) is 19.1 Å². The maximum atomic E-state index is 12.7. The molecule has 1 aliphatic heterocycles. The van der Waals surface area contributed by atoms with Gasteiger partial charge in [-0.1, -0.05) is 5.10 Å². The van der Waals surface area contributed by atoms with Gasteiger partial charge in [-0.05, 0) is 55.8 Å². The van der Waals surface area contributed by atoms with Crippen molar-refractivity contribution in [3.63, 3.8) is 0 Å². The lowest BCUT2D eigenvalue weighted by molar-refractivity contribution is 0.102. The van der Waals surface area contributed by atoms with Crippen molar-refractivity contribution in [1.82, 2.24) is 19.7 Å². The molecular formula is C22H19N5O4. The number of nitrogens with one attached hydrogen (secondary N) is 1. The number of anilines is 1. The normalized spacial score (nSPS) is 12.7. The Morgan fingerprint density at radius 1 is 1.19 bits per heavy atom. The summed E-state index contributed by atoms with van der Waals surface area (Å²) in [5.74, 6) is 1.36. The minimum Gasteiger partial charge on any atom is -0.494 e. The van der Waals surface area contributed by atoms with Gasteiger partial charge in [0.1, 0.15) is 11.6 Å². The van der Waals surface area contributed by atoms with Crippen LogP contribution in [-0.2, 0) is 13.0 Å². The molecule has 4 aromatic rings. The lowest BCUT2D eigenvalue weighted by Gasteiger charge is -2.06. The van der Waals surface area contributed by atoms with E-state index in [2.05, 4.69) is 20.5 Å². The molecule has 5 rings (SSSR count). The summed E-state index contributed by atoms with van der Waals surface area (Å²) in [6.45, 7) is 3.18. The lowest BCUT2D eigenvalue weighted by Crippen LogP contribution is -2.21. The van der Waals surface area contributed by atoms with Crippen LogP contribution in [0.4, 0.5) is 6.01 Å². The van der Waals surface area contributed by atoms with Crippen LogP contribution in [0.3, 0.4) is 0 Å². The maximum Gasteiger partial charge on any atom is 0.322 e. The van der Waals surface area contributed by atoms with Crippen molar-refractivity contribution in [3.05, 3.63) is 64.2 Å². The number of carbonyl (C=O) groups excluding carboxylic acids is 1. The minimum atomic E-state index is -0.425. The molecular weight excluding hydrogens is 398 g/mol. The topological polar surface area (TPSA) is 112 Å². The molecule has 0 fully saturated rings. The number of carbonyl (C=O) groups is 1. The fraction of sp³-hybridized carbons (Fsp3) is 0.227. The molecule has 0 aliphatic carbocycles. The van der Waals surface area contributed by atoms with Gasteiger partial charge >= 0.3 is 6.01 Å². The Morgan fingerprint density at radius 2 is 2.03 bits per heavy atom. The third-order valence-electron chi connectivity index (χ3n) is 5.14. The lowest BCUT2D eigenvalue weighted by atomic mass is 10.1. The third-order valence-corrected chi connectivity index (χ3v) is 5.14. The molecule has 31 heavy (non-hydrogen) atoms. The Bertz CT molecular complexity index is 1340. The molecule has 1 N–H and O–H groups in total. The number of ether oxygens (including phenoxy) is 1. The molecule has 9 nitrogen and oxygen atoms in total. The van der Waals surface area contributed by atoms with Crippen LogP contribution in [0.2, 0.25) is 0 Å². The second kappa shape index (κ2) is 7.67. The van der Waals surface area contributed by atoms with Crippen molar-refractivity contribution in [2.75, 3.05) is 11.9 Å². The molecule has 1 aliphatic rings. The Morgan fingerprint density at radius 3 is 2.84 bits per heavy atom. The van der Waals surface area contributed by atoms with E-state index in [9.17, 15) is 9.59 Å². The predicted molar refractivity (Wildman–Crippen MR) is 113 cm³/mol. The molecule has 0 saturated heterocycles. The van der Waals surface area contributed by atoms with E-state index in [1.54, 1.807) is 34.9 Å². The summed E-state index contributed by atoms with van der Waals surface area (Å²) in [6, 6.07) is 12.0. The number of benzene rings is 2. The second-order valence-corrected chi connectivity index (χ2v) is 7.14. The van der Waals surface area contributed by atoms with Crippen molar-refractivity contribution in [3.8, 4) is 17.2 Å². The van der Waals surface area contributed by atoms with E-state index in [1.165, 1.54) is 0 Å². The number of amides is 1. The fourth-order valence-electron chi connectivity index (χ4n) is 3.65. The van der Waals surface area contributed by atoms with Crippen molar-refractivity contribution in [2.45, 2.75) is 26.3 Å². The molecule has 2 aromatic carbocycles. The Balaban J connectivity index is 1.36. The van der Waals surface area contributed by atoms with Gasteiger partial charge in [0.05, 0.1) is 17.5 Å².